The Morgan fingerprint density at radius 2 is 1.77 bits per heavy atom. The molecule has 0 bridgehead atoms. The summed E-state index contributed by atoms with van der Waals surface area (Å²) in [5.74, 6) is 0.390. The lowest BCUT2D eigenvalue weighted by molar-refractivity contribution is -0.151. The quantitative estimate of drug-likeness (QED) is 0.785. The van der Waals surface area contributed by atoms with Gasteiger partial charge in [0.05, 0.1) is 6.61 Å². The van der Waals surface area contributed by atoms with Crippen molar-refractivity contribution in [3.8, 4) is 5.75 Å². The predicted octanol–water partition coefficient (Wildman–Crippen LogP) is 3.98. The zero-order valence-corrected chi connectivity index (χ0v) is 18.0. The molecule has 2 aromatic rings. The number of carbonyl (C=O) groups is 1. The Balaban J connectivity index is 1.34. The highest BCUT2D eigenvalue weighted by atomic mass is 16.5. The molecule has 5 nitrogen and oxygen atoms in total. The van der Waals surface area contributed by atoms with Gasteiger partial charge in [0.15, 0.2) is 0 Å². The third kappa shape index (κ3) is 4.23. The van der Waals surface area contributed by atoms with E-state index < -0.39 is 0 Å². The molecule has 2 aliphatic rings. The van der Waals surface area contributed by atoms with Crippen molar-refractivity contribution in [2.75, 3.05) is 26.2 Å². The lowest BCUT2D eigenvalue weighted by atomic mass is 9.62. The van der Waals surface area contributed by atoms with Crippen molar-refractivity contribution in [1.29, 1.82) is 0 Å². The summed E-state index contributed by atoms with van der Waals surface area (Å²) in [5.41, 5.74) is 2.56. The molecule has 0 saturated carbocycles. The summed E-state index contributed by atoms with van der Waals surface area (Å²) in [6, 6.07) is 18.4. The number of ether oxygens (including phenoxy) is 1. The topological polar surface area (TPSA) is 53.0 Å². The maximum absolute atomic E-state index is 12.6. The first-order valence-electron chi connectivity index (χ1n) is 10.9. The van der Waals surface area contributed by atoms with Crippen LogP contribution >= 0.6 is 0 Å². The first-order chi connectivity index (χ1) is 14.5. The molecule has 4 rings (SSSR count). The van der Waals surface area contributed by atoms with Gasteiger partial charge >= 0.3 is 0 Å². The molecule has 160 valence electrons. The van der Waals surface area contributed by atoms with E-state index in [0.717, 1.165) is 38.0 Å². The van der Waals surface area contributed by atoms with Gasteiger partial charge in [-0.1, -0.05) is 42.5 Å². The average molecular weight is 409 g/mol. The van der Waals surface area contributed by atoms with Crippen LogP contribution in [0.1, 0.15) is 43.9 Å². The van der Waals surface area contributed by atoms with E-state index in [1.54, 1.807) is 12.1 Å². The van der Waals surface area contributed by atoms with Gasteiger partial charge in [0.25, 0.3) is 0 Å². The number of amides is 1. The molecule has 1 N–H and O–H groups in total. The fourth-order valence-corrected chi connectivity index (χ4v) is 5.02. The number of rotatable bonds is 6. The number of benzene rings is 2. The third-order valence-corrected chi connectivity index (χ3v) is 6.73. The highest BCUT2D eigenvalue weighted by Gasteiger charge is 2.54. The van der Waals surface area contributed by atoms with Gasteiger partial charge in [-0.05, 0) is 49.9 Å². The Morgan fingerprint density at radius 1 is 1.10 bits per heavy atom. The average Bonchev–Trinajstić information content (AvgIpc) is 2.74. The van der Waals surface area contributed by atoms with E-state index in [9.17, 15) is 9.90 Å². The number of nitrogens with zero attached hydrogens (tertiary/aromatic N) is 2. The maximum atomic E-state index is 12.6. The van der Waals surface area contributed by atoms with Crippen molar-refractivity contribution < 1.29 is 14.6 Å². The van der Waals surface area contributed by atoms with Crippen LogP contribution in [-0.4, -0.2) is 53.1 Å². The number of phenolic OH excluding ortho intramolecular Hbond substituents is 1. The van der Waals surface area contributed by atoms with Crippen LogP contribution in [0.4, 0.5) is 0 Å². The Morgan fingerprint density at radius 3 is 2.40 bits per heavy atom. The summed E-state index contributed by atoms with van der Waals surface area (Å²) in [6.45, 7) is 7.73. The van der Waals surface area contributed by atoms with Gasteiger partial charge in [-0.3, -0.25) is 9.69 Å². The van der Waals surface area contributed by atoms with E-state index in [-0.39, 0.29) is 17.9 Å². The minimum atomic E-state index is 0.0852. The van der Waals surface area contributed by atoms with Crippen LogP contribution in [0.3, 0.4) is 0 Å². The molecule has 2 heterocycles. The van der Waals surface area contributed by atoms with Crippen molar-refractivity contribution >= 4 is 5.91 Å². The van der Waals surface area contributed by atoms with E-state index >= 15 is 0 Å². The van der Waals surface area contributed by atoms with Crippen molar-refractivity contribution in [2.24, 2.45) is 5.41 Å². The lowest BCUT2D eigenvalue weighted by Crippen LogP contribution is -2.64. The third-order valence-electron chi connectivity index (χ3n) is 6.73. The molecule has 1 spiro atoms. The van der Waals surface area contributed by atoms with Crippen LogP contribution in [-0.2, 0) is 16.1 Å². The summed E-state index contributed by atoms with van der Waals surface area (Å²) < 4.78 is 5.65. The molecule has 2 fully saturated rings. The molecule has 2 aromatic carbocycles. The van der Waals surface area contributed by atoms with E-state index in [2.05, 4.69) is 18.7 Å². The van der Waals surface area contributed by atoms with E-state index in [4.69, 9.17) is 4.74 Å². The van der Waals surface area contributed by atoms with Gasteiger partial charge in [-0.2, -0.15) is 0 Å². The van der Waals surface area contributed by atoms with E-state index in [1.165, 1.54) is 5.56 Å². The second kappa shape index (κ2) is 8.78. The van der Waals surface area contributed by atoms with Crippen molar-refractivity contribution in [1.82, 2.24) is 9.80 Å². The summed E-state index contributed by atoms with van der Waals surface area (Å²) in [4.78, 5) is 17.1. The molecule has 1 atom stereocenters. The second-order valence-electron chi connectivity index (χ2n) is 8.98. The zero-order valence-electron chi connectivity index (χ0n) is 18.0. The van der Waals surface area contributed by atoms with Crippen LogP contribution in [0.5, 0.6) is 5.75 Å². The number of hydrogen-bond donors (Lipinski definition) is 1. The Bertz CT molecular complexity index is 842. The summed E-state index contributed by atoms with van der Waals surface area (Å²) in [6.07, 6.45) is 2.01. The van der Waals surface area contributed by atoms with E-state index in [0.29, 0.717) is 24.4 Å². The normalized spacial score (nSPS) is 21.0. The molecule has 0 aliphatic carbocycles. The largest absolute Gasteiger partial charge is 0.508 e. The first kappa shape index (κ1) is 20.9. The molecule has 1 amide bonds. The predicted molar refractivity (Wildman–Crippen MR) is 117 cm³/mol. The molecule has 1 unspecified atom stereocenters. The van der Waals surface area contributed by atoms with Crippen molar-refractivity contribution in [3.05, 3.63) is 65.7 Å². The van der Waals surface area contributed by atoms with E-state index in [1.807, 2.05) is 47.4 Å². The maximum Gasteiger partial charge on any atom is 0.248 e. The summed E-state index contributed by atoms with van der Waals surface area (Å²) in [7, 11) is 0. The lowest BCUT2D eigenvalue weighted by Gasteiger charge is -2.62. The van der Waals surface area contributed by atoms with Crippen LogP contribution in [0.2, 0.25) is 0 Å². The number of piperidine rings is 1. The zero-order chi connectivity index (χ0) is 21.1. The fourth-order valence-electron chi connectivity index (χ4n) is 5.02. The van der Waals surface area contributed by atoms with Crippen molar-refractivity contribution in [3.63, 3.8) is 0 Å². The van der Waals surface area contributed by atoms with Gasteiger partial charge < -0.3 is 14.7 Å². The van der Waals surface area contributed by atoms with Gasteiger partial charge in [-0.15, -0.1) is 0 Å². The van der Waals surface area contributed by atoms with Crippen LogP contribution in [0.25, 0.3) is 0 Å². The first-order valence-corrected chi connectivity index (χ1v) is 10.9. The highest BCUT2D eigenvalue weighted by molar-refractivity contribution is 5.77. The molecule has 0 aromatic heterocycles. The van der Waals surface area contributed by atoms with Gasteiger partial charge in [0.1, 0.15) is 12.4 Å². The summed E-state index contributed by atoms with van der Waals surface area (Å²) in [5, 5.41) is 9.68. The molecule has 2 saturated heterocycles. The highest BCUT2D eigenvalue weighted by Crippen LogP contribution is 2.55. The van der Waals surface area contributed by atoms with Gasteiger partial charge in [-0.25, -0.2) is 0 Å². The number of carbonyl (C=O) groups excluding carboxylic acids is 1. The fraction of sp³-hybridized carbons (Fsp3) is 0.480. The molecule has 30 heavy (non-hydrogen) atoms. The van der Waals surface area contributed by atoms with Crippen LogP contribution < -0.4 is 0 Å². The number of phenols is 1. The Hall–Kier alpha value is -2.37. The van der Waals surface area contributed by atoms with Crippen LogP contribution in [0, 0.1) is 5.41 Å². The number of aromatic hydroxyl groups is 1. The minimum Gasteiger partial charge on any atom is -0.508 e. The molecule has 0 radical (unpaired) electrons. The molecular formula is C25H32N2O3. The SMILES string of the molecule is CC(C)N1CC2(CCN(C(=O)COCc3ccccc3)CC2)C1c1ccc(O)cc1. The molecular weight excluding hydrogens is 376 g/mol. The minimum absolute atomic E-state index is 0.0852. The monoisotopic (exact) mass is 408 g/mol. The van der Waals surface area contributed by atoms with Gasteiger partial charge in [0, 0.05) is 37.1 Å². The number of likely N-dealkylation sites (tertiary alicyclic amines) is 2. The molecule has 5 heteroatoms. The van der Waals surface area contributed by atoms with Gasteiger partial charge in [0.2, 0.25) is 5.91 Å². The summed E-state index contributed by atoms with van der Waals surface area (Å²) >= 11 is 0. The Labute approximate surface area is 179 Å². The smallest absolute Gasteiger partial charge is 0.248 e. The second-order valence-corrected chi connectivity index (χ2v) is 8.98. The molecule has 2 aliphatic heterocycles. The number of hydrogen-bond acceptors (Lipinski definition) is 4. The standard InChI is InChI=1S/C25H32N2O3/c1-19(2)27-18-25(24(27)21-8-10-22(28)11-9-21)12-14-26(15-13-25)23(29)17-30-16-20-6-4-3-5-7-20/h3-11,19,24,28H,12-18H2,1-2H3. The van der Waals surface area contributed by atoms with Crippen LogP contribution in [0.15, 0.2) is 54.6 Å². The van der Waals surface area contributed by atoms with Crippen molar-refractivity contribution in [2.45, 2.75) is 45.4 Å². The Kier molecular flexibility index (Phi) is 6.11.